The minimum absolute atomic E-state index is 0.155. The molecule has 0 bridgehead atoms. The van der Waals surface area contributed by atoms with Crippen LogP contribution in [0, 0.1) is 17.2 Å². The van der Waals surface area contributed by atoms with Crippen molar-refractivity contribution in [3.63, 3.8) is 0 Å². The van der Waals surface area contributed by atoms with Crippen molar-refractivity contribution in [1.82, 2.24) is 15.1 Å². The average molecular weight is 348 g/mol. The number of carbonyl (C=O) groups excluding carboxylic acids is 2. The highest BCUT2D eigenvalue weighted by molar-refractivity contribution is 5.97. The smallest absolute Gasteiger partial charge is 0.409 e. The van der Waals surface area contributed by atoms with Crippen LogP contribution in [-0.2, 0) is 9.53 Å². The van der Waals surface area contributed by atoms with Crippen LogP contribution in [0.15, 0.2) is 11.8 Å². The van der Waals surface area contributed by atoms with E-state index in [2.05, 4.69) is 12.2 Å². The zero-order chi connectivity index (χ0) is 18.2. The van der Waals surface area contributed by atoms with Gasteiger partial charge in [0.05, 0.1) is 6.61 Å². The molecule has 0 unspecified atom stereocenters. The van der Waals surface area contributed by atoms with Gasteiger partial charge in [-0.15, -0.1) is 0 Å². The number of nitrogens with zero attached hydrogens (tertiary/aromatic N) is 3. The second-order valence-electron chi connectivity index (χ2n) is 6.77. The Bertz CT molecular complexity index is 539. The number of piperidine rings is 2. The van der Waals surface area contributed by atoms with Crippen LogP contribution < -0.4 is 5.32 Å². The van der Waals surface area contributed by atoms with E-state index in [9.17, 15) is 14.9 Å². The Morgan fingerprint density at radius 3 is 2.32 bits per heavy atom. The van der Waals surface area contributed by atoms with Crippen LogP contribution in [-0.4, -0.2) is 60.6 Å². The van der Waals surface area contributed by atoms with E-state index in [1.54, 1.807) is 22.9 Å². The summed E-state index contributed by atoms with van der Waals surface area (Å²) >= 11 is 0. The fourth-order valence-corrected chi connectivity index (χ4v) is 3.17. The maximum Gasteiger partial charge on any atom is 0.409 e. The summed E-state index contributed by atoms with van der Waals surface area (Å²) in [6.07, 6.45) is 4.79. The molecule has 2 aliphatic rings. The van der Waals surface area contributed by atoms with Gasteiger partial charge in [0.25, 0.3) is 5.91 Å². The van der Waals surface area contributed by atoms with Crippen molar-refractivity contribution in [3.05, 3.63) is 11.8 Å². The number of likely N-dealkylation sites (tertiary alicyclic amines) is 2. The molecule has 138 valence electrons. The maximum absolute atomic E-state index is 12.4. The monoisotopic (exact) mass is 348 g/mol. The van der Waals surface area contributed by atoms with Gasteiger partial charge in [-0.05, 0) is 38.5 Å². The second-order valence-corrected chi connectivity index (χ2v) is 6.77. The zero-order valence-electron chi connectivity index (χ0n) is 15.2. The largest absolute Gasteiger partial charge is 0.450 e. The number of ether oxygens (including phenoxy) is 1. The topological polar surface area (TPSA) is 85.7 Å². The number of hydrogen-bond acceptors (Lipinski definition) is 5. The van der Waals surface area contributed by atoms with Gasteiger partial charge in [0.2, 0.25) is 0 Å². The third kappa shape index (κ3) is 5.38. The molecule has 25 heavy (non-hydrogen) atoms. The van der Waals surface area contributed by atoms with E-state index >= 15 is 0 Å². The Morgan fingerprint density at radius 2 is 1.76 bits per heavy atom. The van der Waals surface area contributed by atoms with E-state index < -0.39 is 0 Å². The van der Waals surface area contributed by atoms with Gasteiger partial charge >= 0.3 is 6.09 Å². The number of nitriles is 1. The molecule has 0 aliphatic carbocycles. The Labute approximate surface area is 149 Å². The van der Waals surface area contributed by atoms with Crippen LogP contribution in [0.25, 0.3) is 0 Å². The van der Waals surface area contributed by atoms with Gasteiger partial charge in [-0.1, -0.05) is 6.92 Å². The summed E-state index contributed by atoms with van der Waals surface area (Å²) in [6.45, 7) is 7.03. The molecule has 7 heteroatoms. The first kappa shape index (κ1) is 19.1. The molecule has 2 heterocycles. The number of hydrogen-bond donors (Lipinski definition) is 1. The third-order valence-corrected chi connectivity index (χ3v) is 4.91. The standard InChI is InChI=1S/C18H28N4O3/c1-3-25-18(24)22-10-6-16(7-11-22)20-13-15(12-19)17(23)21-8-4-14(2)5-9-21/h13-14,16,20H,3-11H2,1-2H3/b15-13-. The molecule has 7 nitrogen and oxygen atoms in total. The van der Waals surface area contributed by atoms with Crippen LogP contribution in [0.2, 0.25) is 0 Å². The van der Waals surface area contributed by atoms with Crippen molar-refractivity contribution in [2.24, 2.45) is 5.92 Å². The third-order valence-electron chi connectivity index (χ3n) is 4.91. The predicted octanol–water partition coefficient (Wildman–Crippen LogP) is 1.86. The van der Waals surface area contributed by atoms with E-state index in [0.29, 0.717) is 25.6 Å². The molecule has 2 fully saturated rings. The molecule has 0 aromatic rings. The SMILES string of the molecule is CCOC(=O)N1CCC(N/C=C(/C#N)C(=O)N2CCC(C)CC2)CC1. The molecule has 0 atom stereocenters. The summed E-state index contributed by atoms with van der Waals surface area (Å²) in [5.41, 5.74) is 0.155. The lowest BCUT2D eigenvalue weighted by Crippen LogP contribution is -2.44. The van der Waals surface area contributed by atoms with Crippen LogP contribution in [0.4, 0.5) is 4.79 Å². The van der Waals surface area contributed by atoms with E-state index in [0.717, 1.165) is 38.8 Å². The Balaban J connectivity index is 1.82. The van der Waals surface area contributed by atoms with Crippen molar-refractivity contribution >= 4 is 12.0 Å². The quantitative estimate of drug-likeness (QED) is 0.619. The number of rotatable bonds is 4. The molecule has 0 aromatic carbocycles. The molecule has 2 amide bonds. The molecule has 0 aromatic heterocycles. The average Bonchev–Trinajstić information content (AvgIpc) is 2.63. The van der Waals surface area contributed by atoms with Crippen LogP contribution in [0.3, 0.4) is 0 Å². The van der Waals surface area contributed by atoms with Crippen molar-refractivity contribution < 1.29 is 14.3 Å². The second kappa shape index (κ2) is 9.30. The number of carbonyl (C=O) groups is 2. The highest BCUT2D eigenvalue weighted by atomic mass is 16.6. The summed E-state index contributed by atoms with van der Waals surface area (Å²) in [5.74, 6) is 0.451. The van der Waals surface area contributed by atoms with Crippen LogP contribution >= 0.6 is 0 Å². The summed E-state index contributed by atoms with van der Waals surface area (Å²) in [4.78, 5) is 27.6. The highest BCUT2D eigenvalue weighted by Gasteiger charge is 2.25. The van der Waals surface area contributed by atoms with E-state index in [1.807, 2.05) is 6.07 Å². The lowest BCUT2D eigenvalue weighted by atomic mass is 9.99. The van der Waals surface area contributed by atoms with Crippen molar-refractivity contribution in [1.29, 1.82) is 5.26 Å². The van der Waals surface area contributed by atoms with Gasteiger partial charge in [-0.2, -0.15) is 5.26 Å². The summed E-state index contributed by atoms with van der Waals surface area (Å²) < 4.78 is 5.00. The normalized spacial score (nSPS) is 20.1. The fraction of sp³-hybridized carbons (Fsp3) is 0.722. The summed E-state index contributed by atoms with van der Waals surface area (Å²) in [7, 11) is 0. The van der Waals surface area contributed by atoms with Crippen molar-refractivity contribution in [3.8, 4) is 6.07 Å². The Kier molecular flexibility index (Phi) is 7.11. The van der Waals surface area contributed by atoms with Crippen LogP contribution in [0.5, 0.6) is 0 Å². The first-order valence-electron chi connectivity index (χ1n) is 9.12. The highest BCUT2D eigenvalue weighted by Crippen LogP contribution is 2.18. The number of amides is 2. The molecule has 2 rings (SSSR count). The molecule has 2 saturated heterocycles. The van der Waals surface area contributed by atoms with Gasteiger partial charge in [0.1, 0.15) is 11.6 Å². The minimum atomic E-state index is -0.274. The van der Waals surface area contributed by atoms with Crippen LogP contribution in [0.1, 0.15) is 39.5 Å². The first-order chi connectivity index (χ1) is 12.0. The van der Waals surface area contributed by atoms with Crippen molar-refractivity contribution in [2.75, 3.05) is 32.8 Å². The zero-order valence-corrected chi connectivity index (χ0v) is 15.2. The van der Waals surface area contributed by atoms with E-state index in [4.69, 9.17) is 4.74 Å². The minimum Gasteiger partial charge on any atom is -0.450 e. The predicted molar refractivity (Wildman–Crippen MR) is 93.4 cm³/mol. The van der Waals surface area contributed by atoms with E-state index in [1.165, 1.54) is 0 Å². The molecular formula is C18H28N4O3. The molecule has 0 saturated carbocycles. The van der Waals surface area contributed by atoms with Gasteiger partial charge in [0, 0.05) is 38.4 Å². The fourth-order valence-electron chi connectivity index (χ4n) is 3.17. The summed E-state index contributed by atoms with van der Waals surface area (Å²) in [6, 6.07) is 2.17. The van der Waals surface area contributed by atoms with Crippen molar-refractivity contribution in [2.45, 2.75) is 45.6 Å². The molecule has 1 N–H and O–H groups in total. The molecule has 0 spiro atoms. The lowest BCUT2D eigenvalue weighted by Gasteiger charge is -2.32. The van der Waals surface area contributed by atoms with Gasteiger partial charge in [-0.25, -0.2) is 4.79 Å². The van der Waals surface area contributed by atoms with E-state index in [-0.39, 0.29) is 23.6 Å². The molecular weight excluding hydrogens is 320 g/mol. The maximum atomic E-state index is 12.4. The Morgan fingerprint density at radius 1 is 1.16 bits per heavy atom. The lowest BCUT2D eigenvalue weighted by molar-refractivity contribution is -0.128. The van der Waals surface area contributed by atoms with Gasteiger partial charge in [-0.3, -0.25) is 4.79 Å². The first-order valence-corrected chi connectivity index (χ1v) is 9.12. The molecule has 2 aliphatic heterocycles. The Hall–Kier alpha value is -2.23. The molecule has 0 radical (unpaired) electrons. The number of nitrogens with one attached hydrogen (secondary N) is 1. The van der Waals surface area contributed by atoms with Gasteiger partial charge in [0.15, 0.2) is 0 Å². The van der Waals surface area contributed by atoms with Gasteiger partial charge < -0.3 is 19.9 Å². The summed E-state index contributed by atoms with van der Waals surface area (Å²) in [5, 5.41) is 12.5.